The van der Waals surface area contributed by atoms with Crippen molar-refractivity contribution in [2.75, 3.05) is 13.1 Å². The maximum atomic E-state index is 11.9. The van der Waals surface area contributed by atoms with Crippen molar-refractivity contribution in [2.45, 2.75) is 27.3 Å². The van der Waals surface area contributed by atoms with Gasteiger partial charge in [0.05, 0.1) is 18.7 Å². The van der Waals surface area contributed by atoms with Crippen molar-refractivity contribution >= 4 is 12.0 Å². The third-order valence-corrected chi connectivity index (χ3v) is 2.64. The fraction of sp³-hybridized carbons (Fsp3) is 0.583. The summed E-state index contributed by atoms with van der Waals surface area (Å²) in [5.74, 6) is -0.423. The summed E-state index contributed by atoms with van der Waals surface area (Å²) in [5.41, 5.74) is 0. The number of carbonyl (C=O) groups is 2. The highest BCUT2D eigenvalue weighted by Gasteiger charge is 2.19. The predicted octanol–water partition coefficient (Wildman–Crippen LogP) is 1.24. The minimum Gasteiger partial charge on any atom is -0.481 e. The average molecular weight is 269 g/mol. The van der Waals surface area contributed by atoms with Crippen LogP contribution in [0.4, 0.5) is 4.79 Å². The number of nitrogens with one attached hydrogen (secondary N) is 1. The lowest BCUT2D eigenvalue weighted by Gasteiger charge is -2.22. The van der Waals surface area contributed by atoms with Crippen molar-refractivity contribution in [1.29, 1.82) is 0 Å². The van der Waals surface area contributed by atoms with Crippen molar-refractivity contribution < 1.29 is 19.1 Å². The lowest BCUT2D eigenvalue weighted by atomic mass is 10.2. The summed E-state index contributed by atoms with van der Waals surface area (Å²) in [4.78, 5) is 28.0. The van der Waals surface area contributed by atoms with E-state index in [1.807, 2.05) is 0 Å². The number of carbonyl (C=O) groups excluding carboxylic acids is 1. The second-order valence-corrected chi connectivity index (χ2v) is 4.30. The van der Waals surface area contributed by atoms with E-state index in [0.717, 1.165) is 0 Å². The van der Waals surface area contributed by atoms with E-state index in [4.69, 9.17) is 9.52 Å². The predicted molar refractivity (Wildman–Crippen MR) is 67.5 cm³/mol. The molecule has 0 saturated heterocycles. The Bertz CT molecular complexity index is 444. The molecule has 0 bridgehead atoms. The maximum absolute atomic E-state index is 11.9. The Balaban J connectivity index is 2.47. The van der Waals surface area contributed by atoms with Crippen LogP contribution in [0.1, 0.15) is 25.5 Å². The number of carboxylic acids is 1. The molecule has 2 amide bonds. The van der Waals surface area contributed by atoms with Crippen LogP contribution in [0.25, 0.3) is 0 Å². The molecule has 0 saturated carbocycles. The second-order valence-electron chi connectivity index (χ2n) is 4.30. The number of carboxylic acid groups (broad SMARTS) is 1. The van der Waals surface area contributed by atoms with Crippen LogP contribution >= 0.6 is 0 Å². The Morgan fingerprint density at radius 3 is 2.74 bits per heavy atom. The molecule has 0 aromatic carbocycles. The zero-order valence-electron chi connectivity index (χ0n) is 11.3. The molecule has 1 aromatic heterocycles. The first-order chi connectivity index (χ1) is 8.93. The van der Waals surface area contributed by atoms with Crippen LogP contribution in [0.5, 0.6) is 0 Å². The molecule has 1 heterocycles. The minimum absolute atomic E-state index is 0.169. The Morgan fingerprint density at radius 2 is 2.26 bits per heavy atom. The fourth-order valence-corrected chi connectivity index (χ4v) is 1.51. The summed E-state index contributed by atoms with van der Waals surface area (Å²) in [6.45, 7) is 5.92. The first kappa shape index (κ1) is 15.0. The van der Waals surface area contributed by atoms with Gasteiger partial charge in [-0.05, 0) is 13.8 Å². The summed E-state index contributed by atoms with van der Waals surface area (Å²) < 4.78 is 5.23. The number of aryl methyl sites for hydroxylation is 1. The summed E-state index contributed by atoms with van der Waals surface area (Å²) in [6.07, 6.45) is 1.57. The van der Waals surface area contributed by atoms with Gasteiger partial charge in [-0.1, -0.05) is 6.92 Å². The van der Waals surface area contributed by atoms with Gasteiger partial charge in [-0.25, -0.2) is 9.78 Å². The molecule has 0 aliphatic heterocycles. The largest absolute Gasteiger partial charge is 0.481 e. The highest BCUT2D eigenvalue weighted by Crippen LogP contribution is 2.03. The molecule has 0 aliphatic carbocycles. The molecule has 0 radical (unpaired) electrons. The van der Waals surface area contributed by atoms with Crippen LogP contribution < -0.4 is 5.32 Å². The second kappa shape index (κ2) is 6.77. The number of amides is 2. The smallest absolute Gasteiger partial charge is 0.317 e. The molecule has 0 aliphatic rings. The fourth-order valence-electron chi connectivity index (χ4n) is 1.51. The van der Waals surface area contributed by atoms with E-state index in [-0.39, 0.29) is 19.1 Å². The first-order valence-electron chi connectivity index (χ1n) is 6.11. The van der Waals surface area contributed by atoms with Crippen molar-refractivity contribution in [3.05, 3.63) is 17.8 Å². The Hall–Kier alpha value is -2.05. The van der Waals surface area contributed by atoms with Gasteiger partial charge < -0.3 is 19.7 Å². The lowest BCUT2D eigenvalue weighted by molar-refractivity contribution is -0.141. The minimum atomic E-state index is -0.922. The summed E-state index contributed by atoms with van der Waals surface area (Å²) in [6, 6.07) is -0.327. The summed E-state index contributed by atoms with van der Waals surface area (Å²) in [5, 5.41) is 11.5. The molecule has 0 spiro atoms. The standard InChI is InChI=1S/C12H19N3O4/c1-4-15(7-8(2)11(16)17)12(18)14-6-10-13-5-9(3)19-10/h5,8H,4,6-7H2,1-3H3,(H,14,18)(H,16,17). The third-order valence-electron chi connectivity index (χ3n) is 2.64. The molecular weight excluding hydrogens is 250 g/mol. The molecule has 7 nitrogen and oxygen atoms in total. The molecule has 2 N–H and O–H groups in total. The maximum Gasteiger partial charge on any atom is 0.317 e. The lowest BCUT2D eigenvalue weighted by Crippen LogP contribution is -2.42. The number of oxazole rings is 1. The van der Waals surface area contributed by atoms with Gasteiger partial charge in [0.2, 0.25) is 5.89 Å². The van der Waals surface area contributed by atoms with E-state index in [1.165, 1.54) is 4.90 Å². The Morgan fingerprint density at radius 1 is 1.58 bits per heavy atom. The molecule has 1 rings (SSSR count). The Labute approximate surface area is 111 Å². The van der Waals surface area contributed by atoms with Crippen LogP contribution in [0.3, 0.4) is 0 Å². The van der Waals surface area contributed by atoms with Gasteiger partial charge in [0, 0.05) is 13.1 Å². The van der Waals surface area contributed by atoms with Crippen LogP contribution in [-0.2, 0) is 11.3 Å². The van der Waals surface area contributed by atoms with Crippen molar-refractivity contribution in [3.63, 3.8) is 0 Å². The number of aromatic nitrogens is 1. The zero-order valence-corrected chi connectivity index (χ0v) is 11.3. The van der Waals surface area contributed by atoms with Crippen molar-refractivity contribution in [3.8, 4) is 0 Å². The molecule has 1 aromatic rings. The summed E-state index contributed by atoms with van der Waals surface area (Å²) >= 11 is 0. The quantitative estimate of drug-likeness (QED) is 0.810. The van der Waals surface area contributed by atoms with Gasteiger partial charge in [0.15, 0.2) is 0 Å². The normalized spacial score (nSPS) is 11.9. The van der Waals surface area contributed by atoms with E-state index >= 15 is 0 Å². The highest BCUT2D eigenvalue weighted by molar-refractivity contribution is 5.75. The number of urea groups is 1. The zero-order chi connectivity index (χ0) is 14.4. The monoisotopic (exact) mass is 269 g/mol. The van der Waals surface area contributed by atoms with E-state index in [9.17, 15) is 9.59 Å². The van der Waals surface area contributed by atoms with Gasteiger partial charge in [-0.15, -0.1) is 0 Å². The van der Waals surface area contributed by atoms with Gasteiger partial charge in [-0.3, -0.25) is 4.79 Å². The third kappa shape index (κ3) is 4.61. The van der Waals surface area contributed by atoms with Crippen LogP contribution in [0.2, 0.25) is 0 Å². The first-order valence-corrected chi connectivity index (χ1v) is 6.11. The van der Waals surface area contributed by atoms with Crippen LogP contribution in [-0.4, -0.2) is 40.1 Å². The highest BCUT2D eigenvalue weighted by atomic mass is 16.4. The molecular formula is C12H19N3O4. The van der Waals surface area contributed by atoms with Crippen LogP contribution in [0.15, 0.2) is 10.6 Å². The van der Waals surface area contributed by atoms with Gasteiger partial charge in [0.25, 0.3) is 0 Å². The number of rotatable bonds is 6. The number of aliphatic carboxylic acids is 1. The van der Waals surface area contributed by atoms with Gasteiger partial charge in [0.1, 0.15) is 5.76 Å². The SMILES string of the molecule is CCN(CC(C)C(=O)O)C(=O)NCc1ncc(C)o1. The van der Waals surface area contributed by atoms with Crippen molar-refractivity contribution in [2.24, 2.45) is 5.92 Å². The molecule has 0 fully saturated rings. The molecule has 106 valence electrons. The van der Waals surface area contributed by atoms with E-state index < -0.39 is 11.9 Å². The topological polar surface area (TPSA) is 95.7 Å². The summed E-state index contributed by atoms with van der Waals surface area (Å²) in [7, 11) is 0. The molecule has 19 heavy (non-hydrogen) atoms. The van der Waals surface area contributed by atoms with Crippen molar-refractivity contribution in [1.82, 2.24) is 15.2 Å². The van der Waals surface area contributed by atoms with Crippen LogP contribution in [0, 0.1) is 12.8 Å². The molecule has 1 unspecified atom stereocenters. The molecule has 1 atom stereocenters. The number of hydrogen-bond donors (Lipinski definition) is 2. The molecule has 7 heteroatoms. The van der Waals surface area contributed by atoms with Gasteiger partial charge in [-0.2, -0.15) is 0 Å². The van der Waals surface area contributed by atoms with E-state index in [0.29, 0.717) is 18.2 Å². The number of nitrogens with zero attached hydrogens (tertiary/aromatic N) is 2. The van der Waals surface area contributed by atoms with E-state index in [2.05, 4.69) is 10.3 Å². The average Bonchev–Trinajstić information content (AvgIpc) is 2.78. The van der Waals surface area contributed by atoms with E-state index in [1.54, 1.807) is 27.0 Å². The van der Waals surface area contributed by atoms with Gasteiger partial charge >= 0.3 is 12.0 Å². The number of hydrogen-bond acceptors (Lipinski definition) is 4. The Kier molecular flexibility index (Phi) is 5.35.